The molecule has 1 rings (SSSR count). The van der Waals surface area contributed by atoms with Gasteiger partial charge in [-0.2, -0.15) is 0 Å². The summed E-state index contributed by atoms with van der Waals surface area (Å²) in [6.45, 7) is 8.28. The number of aliphatic hydroxyl groups is 1. The first-order chi connectivity index (χ1) is 7.39. The van der Waals surface area contributed by atoms with Crippen LogP contribution in [0.2, 0.25) is 0 Å². The molecule has 0 aliphatic heterocycles. The van der Waals surface area contributed by atoms with Gasteiger partial charge >= 0.3 is 0 Å². The molecule has 1 nitrogen and oxygen atoms in total. The van der Waals surface area contributed by atoms with Gasteiger partial charge in [-0.25, -0.2) is 0 Å². The van der Waals surface area contributed by atoms with Crippen LogP contribution in [-0.4, -0.2) is 10.7 Å². The van der Waals surface area contributed by atoms with Crippen molar-refractivity contribution in [2.24, 2.45) is 5.92 Å². The Morgan fingerprint density at radius 2 is 1.75 bits per heavy atom. The van der Waals surface area contributed by atoms with Gasteiger partial charge in [-0.1, -0.05) is 23.3 Å². The SMILES string of the molecule is C/C1=C/CC/C(C)=C/C[C@H](C(C)(C)O)CC1. The minimum absolute atomic E-state index is 0.379. The molecule has 0 radical (unpaired) electrons. The Morgan fingerprint density at radius 1 is 1.12 bits per heavy atom. The maximum Gasteiger partial charge on any atom is 0.0622 e. The second-order valence-corrected chi connectivity index (χ2v) is 5.76. The van der Waals surface area contributed by atoms with E-state index in [9.17, 15) is 5.11 Å². The van der Waals surface area contributed by atoms with E-state index in [4.69, 9.17) is 0 Å². The second kappa shape index (κ2) is 5.67. The standard InChI is InChI=1S/C15H26O/c1-12-6-5-7-13(2)9-11-14(10-8-12)15(3,4)16/h6,9,14,16H,5,7-8,10-11H2,1-4H3/b12-6-,13-9+/t14-/m1/s1. The first kappa shape index (κ1) is 13.5. The summed E-state index contributed by atoms with van der Waals surface area (Å²) in [5, 5.41) is 10.1. The summed E-state index contributed by atoms with van der Waals surface area (Å²) in [6.07, 6.45) is 10.2. The van der Waals surface area contributed by atoms with Gasteiger partial charge in [0.1, 0.15) is 0 Å². The van der Waals surface area contributed by atoms with Crippen LogP contribution in [0, 0.1) is 5.92 Å². The zero-order chi connectivity index (χ0) is 12.2. The molecule has 0 spiro atoms. The Balaban J connectivity index is 2.75. The Labute approximate surface area is 100 Å². The highest BCUT2D eigenvalue weighted by molar-refractivity contribution is 5.06. The maximum absolute atomic E-state index is 10.1. The fourth-order valence-corrected chi connectivity index (χ4v) is 2.26. The minimum Gasteiger partial charge on any atom is -0.390 e. The maximum atomic E-state index is 10.1. The molecule has 0 aromatic carbocycles. The summed E-state index contributed by atoms with van der Waals surface area (Å²) >= 11 is 0. The van der Waals surface area contributed by atoms with Crippen molar-refractivity contribution in [2.75, 3.05) is 0 Å². The molecule has 1 aliphatic carbocycles. The van der Waals surface area contributed by atoms with Crippen LogP contribution in [0.3, 0.4) is 0 Å². The summed E-state index contributed by atoms with van der Waals surface area (Å²) in [6, 6.07) is 0. The summed E-state index contributed by atoms with van der Waals surface area (Å²) in [5.74, 6) is 0.379. The molecule has 0 bridgehead atoms. The highest BCUT2D eigenvalue weighted by Gasteiger charge is 2.25. The Morgan fingerprint density at radius 3 is 2.38 bits per heavy atom. The van der Waals surface area contributed by atoms with E-state index < -0.39 is 5.60 Å². The average Bonchev–Trinajstić information content (AvgIpc) is 2.15. The lowest BCUT2D eigenvalue weighted by molar-refractivity contribution is 0.0145. The van der Waals surface area contributed by atoms with Gasteiger partial charge in [0.2, 0.25) is 0 Å². The molecule has 0 unspecified atom stereocenters. The minimum atomic E-state index is -0.559. The van der Waals surface area contributed by atoms with Crippen molar-refractivity contribution in [3.63, 3.8) is 0 Å². The quantitative estimate of drug-likeness (QED) is 0.658. The Bertz CT molecular complexity index is 278. The normalized spacial score (nSPS) is 31.2. The topological polar surface area (TPSA) is 20.2 Å². The van der Waals surface area contributed by atoms with Gasteiger partial charge < -0.3 is 5.11 Å². The van der Waals surface area contributed by atoms with Gasteiger partial charge in [0.15, 0.2) is 0 Å². The number of rotatable bonds is 1. The van der Waals surface area contributed by atoms with E-state index in [-0.39, 0.29) is 0 Å². The molecule has 1 aliphatic rings. The number of hydrogen-bond donors (Lipinski definition) is 1. The van der Waals surface area contributed by atoms with Gasteiger partial charge in [-0.05, 0) is 65.7 Å². The van der Waals surface area contributed by atoms with E-state index in [0.29, 0.717) is 5.92 Å². The van der Waals surface area contributed by atoms with Gasteiger partial charge in [0.05, 0.1) is 5.60 Å². The van der Waals surface area contributed by atoms with Crippen LogP contribution in [0.25, 0.3) is 0 Å². The molecule has 0 fully saturated rings. The predicted octanol–water partition coefficient (Wildman–Crippen LogP) is 4.23. The summed E-state index contributed by atoms with van der Waals surface area (Å²) in [7, 11) is 0. The van der Waals surface area contributed by atoms with E-state index in [2.05, 4.69) is 26.0 Å². The van der Waals surface area contributed by atoms with Crippen molar-refractivity contribution in [1.82, 2.24) is 0 Å². The van der Waals surface area contributed by atoms with Crippen LogP contribution in [-0.2, 0) is 0 Å². The van der Waals surface area contributed by atoms with Crippen LogP contribution in [0.4, 0.5) is 0 Å². The van der Waals surface area contributed by atoms with Crippen molar-refractivity contribution in [1.29, 1.82) is 0 Å². The lowest BCUT2D eigenvalue weighted by Gasteiger charge is -2.29. The summed E-state index contributed by atoms with van der Waals surface area (Å²) in [5.41, 5.74) is 2.38. The zero-order valence-corrected chi connectivity index (χ0v) is 11.2. The van der Waals surface area contributed by atoms with Gasteiger partial charge in [0, 0.05) is 0 Å². The molecule has 0 heterocycles. The van der Waals surface area contributed by atoms with Crippen molar-refractivity contribution in [3.8, 4) is 0 Å². The Hall–Kier alpha value is -0.560. The first-order valence-electron chi connectivity index (χ1n) is 6.43. The van der Waals surface area contributed by atoms with Crippen molar-refractivity contribution >= 4 is 0 Å². The molecule has 16 heavy (non-hydrogen) atoms. The van der Waals surface area contributed by atoms with Crippen LogP contribution < -0.4 is 0 Å². The highest BCUT2D eigenvalue weighted by Crippen LogP contribution is 2.29. The van der Waals surface area contributed by atoms with E-state index in [0.717, 1.165) is 25.7 Å². The lowest BCUT2D eigenvalue weighted by atomic mass is 9.82. The molecule has 0 aromatic heterocycles. The van der Waals surface area contributed by atoms with Gasteiger partial charge in [-0.15, -0.1) is 0 Å². The number of allylic oxidation sites excluding steroid dienone is 4. The van der Waals surface area contributed by atoms with E-state index in [1.807, 2.05) is 13.8 Å². The third-order valence-corrected chi connectivity index (χ3v) is 3.67. The van der Waals surface area contributed by atoms with Crippen LogP contribution in [0.5, 0.6) is 0 Å². The van der Waals surface area contributed by atoms with Crippen LogP contribution >= 0.6 is 0 Å². The summed E-state index contributed by atoms with van der Waals surface area (Å²) in [4.78, 5) is 0. The average molecular weight is 222 g/mol. The van der Waals surface area contributed by atoms with E-state index in [1.165, 1.54) is 17.6 Å². The fourth-order valence-electron chi connectivity index (χ4n) is 2.26. The van der Waals surface area contributed by atoms with Crippen LogP contribution in [0.15, 0.2) is 23.3 Å². The van der Waals surface area contributed by atoms with E-state index >= 15 is 0 Å². The molecule has 0 saturated carbocycles. The van der Waals surface area contributed by atoms with E-state index in [1.54, 1.807) is 0 Å². The Kier molecular flexibility index (Phi) is 4.79. The van der Waals surface area contributed by atoms with Crippen molar-refractivity contribution in [2.45, 2.75) is 65.4 Å². The van der Waals surface area contributed by atoms with Crippen molar-refractivity contribution < 1.29 is 5.11 Å². The molecule has 1 N–H and O–H groups in total. The molecule has 1 heteroatoms. The number of hydrogen-bond acceptors (Lipinski definition) is 1. The van der Waals surface area contributed by atoms with Crippen LogP contribution in [0.1, 0.15) is 59.8 Å². The molecule has 92 valence electrons. The molecular weight excluding hydrogens is 196 g/mol. The highest BCUT2D eigenvalue weighted by atomic mass is 16.3. The largest absolute Gasteiger partial charge is 0.390 e. The van der Waals surface area contributed by atoms with Gasteiger partial charge in [0.25, 0.3) is 0 Å². The molecule has 0 aromatic rings. The lowest BCUT2D eigenvalue weighted by Crippen LogP contribution is -2.30. The van der Waals surface area contributed by atoms with Crippen molar-refractivity contribution in [3.05, 3.63) is 23.3 Å². The third kappa shape index (κ3) is 4.52. The predicted molar refractivity (Wildman–Crippen MR) is 70.4 cm³/mol. The smallest absolute Gasteiger partial charge is 0.0622 e. The molecule has 0 saturated heterocycles. The first-order valence-corrected chi connectivity index (χ1v) is 6.43. The third-order valence-electron chi connectivity index (χ3n) is 3.67. The molecular formula is C15H26O. The van der Waals surface area contributed by atoms with Gasteiger partial charge in [-0.3, -0.25) is 0 Å². The fraction of sp³-hybridized carbons (Fsp3) is 0.733. The molecule has 1 atom stereocenters. The zero-order valence-electron chi connectivity index (χ0n) is 11.2. The summed E-state index contributed by atoms with van der Waals surface area (Å²) < 4.78 is 0. The molecule has 0 amide bonds. The monoisotopic (exact) mass is 222 g/mol. The second-order valence-electron chi connectivity index (χ2n) is 5.76.